The van der Waals surface area contributed by atoms with E-state index in [1.165, 1.54) is 5.46 Å². The van der Waals surface area contributed by atoms with Gasteiger partial charge < -0.3 is 10.7 Å². The molecule has 0 amide bonds. The number of hydrogen-bond acceptors (Lipinski definition) is 2. The molecule has 0 atom stereocenters. The Morgan fingerprint density at radius 1 is 0.744 bits per heavy atom. The predicted molar refractivity (Wildman–Crippen MR) is 169 cm³/mol. The van der Waals surface area contributed by atoms with Crippen LogP contribution in [0.25, 0.3) is 0 Å². The fourth-order valence-corrected chi connectivity index (χ4v) is 6.33. The summed E-state index contributed by atoms with van der Waals surface area (Å²) in [6, 6.07) is 38.5. The molecule has 1 aliphatic rings. The highest BCUT2D eigenvalue weighted by Crippen LogP contribution is 2.52. The van der Waals surface area contributed by atoms with Gasteiger partial charge in [-0.3, -0.25) is 0 Å². The Hall–Kier alpha value is -3.85. The third-order valence-electron chi connectivity index (χ3n) is 9.30. The summed E-state index contributed by atoms with van der Waals surface area (Å²) in [5.41, 5.74) is 6.86. The van der Waals surface area contributed by atoms with Crippen molar-refractivity contribution in [3.63, 3.8) is 0 Å². The second kappa shape index (κ2) is 10.4. The van der Waals surface area contributed by atoms with Crippen molar-refractivity contribution in [2.75, 3.05) is 5.32 Å². The molecule has 5 rings (SSSR count). The van der Waals surface area contributed by atoms with Crippen molar-refractivity contribution in [1.82, 2.24) is 0 Å². The van der Waals surface area contributed by atoms with Crippen molar-refractivity contribution >= 4 is 23.6 Å². The Bertz CT molecular complexity index is 1340. The van der Waals surface area contributed by atoms with Crippen LogP contribution < -0.4 is 10.8 Å². The molecule has 4 aromatic rings. The second-order valence-electron chi connectivity index (χ2n) is 12.3. The third kappa shape index (κ3) is 4.87. The van der Waals surface area contributed by atoms with Gasteiger partial charge in [-0.05, 0) is 39.7 Å². The van der Waals surface area contributed by atoms with E-state index in [1.54, 1.807) is 6.08 Å². The Morgan fingerprint density at radius 3 is 1.59 bits per heavy atom. The number of allylic oxidation sites excluding steroid dienone is 1. The quantitative estimate of drug-likeness (QED) is 0.139. The number of benzene rings is 4. The summed E-state index contributed by atoms with van der Waals surface area (Å²) in [6.07, 6.45) is 3.95. The van der Waals surface area contributed by atoms with Gasteiger partial charge in [0, 0.05) is 11.3 Å². The fraction of sp³-hybridized carbons (Fsp3) is 0.250. The summed E-state index contributed by atoms with van der Waals surface area (Å²) < 4.78 is 0. The molecule has 0 radical (unpaired) electrons. The van der Waals surface area contributed by atoms with E-state index in [1.807, 2.05) is 0 Å². The summed E-state index contributed by atoms with van der Waals surface area (Å²) in [7, 11) is 0. The minimum Gasteiger partial charge on any atom is -0.367 e. The number of nitrogens with one attached hydrogen (secondary N) is 2. The van der Waals surface area contributed by atoms with Gasteiger partial charge in [-0.15, -0.1) is 0 Å². The standard InChI is InChI=1S/C36H39BN2/c1-6-32(38)31-24-30(37-25-34(2,3)35(4,5)26-37)22-23-33(31)39-36(27-16-10-7-11-17-27,28-18-12-8-13-19-28)29-20-14-9-15-21-29/h6-24,38-39H,1,25-26H2,2-5H3. The first-order chi connectivity index (χ1) is 18.7. The zero-order valence-electron chi connectivity index (χ0n) is 23.7. The van der Waals surface area contributed by atoms with Crippen LogP contribution in [-0.4, -0.2) is 12.4 Å². The molecule has 1 saturated heterocycles. The van der Waals surface area contributed by atoms with Crippen molar-refractivity contribution in [1.29, 1.82) is 5.41 Å². The van der Waals surface area contributed by atoms with Crippen LogP contribution in [0.5, 0.6) is 0 Å². The third-order valence-corrected chi connectivity index (χ3v) is 9.30. The molecule has 4 aromatic carbocycles. The molecule has 0 aromatic heterocycles. The van der Waals surface area contributed by atoms with Crippen molar-refractivity contribution in [3.8, 4) is 0 Å². The molecule has 196 valence electrons. The van der Waals surface area contributed by atoms with E-state index in [4.69, 9.17) is 5.41 Å². The topological polar surface area (TPSA) is 35.9 Å². The average Bonchev–Trinajstić information content (AvgIpc) is 3.19. The van der Waals surface area contributed by atoms with Crippen LogP contribution >= 0.6 is 0 Å². The molecule has 0 unspecified atom stereocenters. The van der Waals surface area contributed by atoms with E-state index < -0.39 is 5.54 Å². The Kier molecular flexibility index (Phi) is 7.12. The molecule has 1 fully saturated rings. The smallest absolute Gasteiger partial charge is 0.177 e. The normalized spacial score (nSPS) is 16.1. The highest BCUT2D eigenvalue weighted by Gasteiger charge is 2.48. The van der Waals surface area contributed by atoms with Crippen LogP contribution in [0.3, 0.4) is 0 Å². The lowest BCUT2D eigenvalue weighted by Gasteiger charge is -2.38. The van der Waals surface area contributed by atoms with Gasteiger partial charge in [0.2, 0.25) is 0 Å². The molecule has 1 heterocycles. The van der Waals surface area contributed by atoms with Gasteiger partial charge >= 0.3 is 0 Å². The summed E-state index contributed by atoms with van der Waals surface area (Å²) in [4.78, 5) is 0. The van der Waals surface area contributed by atoms with Crippen LogP contribution in [0.4, 0.5) is 5.69 Å². The van der Waals surface area contributed by atoms with Gasteiger partial charge in [-0.2, -0.15) is 0 Å². The van der Waals surface area contributed by atoms with E-state index >= 15 is 0 Å². The first-order valence-corrected chi connectivity index (χ1v) is 14.0. The van der Waals surface area contributed by atoms with Gasteiger partial charge in [0.1, 0.15) is 5.54 Å². The first kappa shape index (κ1) is 26.7. The summed E-state index contributed by atoms with van der Waals surface area (Å²) in [6.45, 7) is 14.0. The maximum atomic E-state index is 8.91. The minimum atomic E-state index is -0.654. The SMILES string of the molecule is C=CC(=N)c1cc(B2CC(C)(C)C(C)(C)C2)ccc1NC(c1ccccc1)(c1ccccc1)c1ccccc1. The highest BCUT2D eigenvalue weighted by molar-refractivity contribution is 6.74. The molecule has 0 saturated carbocycles. The molecular weight excluding hydrogens is 471 g/mol. The minimum absolute atomic E-state index is 0.268. The van der Waals surface area contributed by atoms with Gasteiger partial charge in [0.25, 0.3) is 0 Å². The molecule has 39 heavy (non-hydrogen) atoms. The van der Waals surface area contributed by atoms with Crippen LogP contribution in [0.2, 0.25) is 12.6 Å². The molecule has 0 spiro atoms. The van der Waals surface area contributed by atoms with Crippen molar-refractivity contribution in [2.45, 2.75) is 45.9 Å². The molecule has 2 nitrogen and oxygen atoms in total. The lowest BCUT2D eigenvalue weighted by Crippen LogP contribution is -2.39. The number of rotatable bonds is 8. The maximum Gasteiger partial charge on any atom is 0.177 e. The zero-order chi connectivity index (χ0) is 27.7. The molecule has 2 N–H and O–H groups in total. The Labute approximate surface area is 234 Å². The van der Waals surface area contributed by atoms with E-state index in [2.05, 4.69) is 149 Å². The zero-order valence-corrected chi connectivity index (χ0v) is 23.7. The number of hydrogen-bond donors (Lipinski definition) is 2. The van der Waals surface area contributed by atoms with Crippen LogP contribution in [0.1, 0.15) is 49.9 Å². The Balaban J connectivity index is 1.69. The molecule has 3 heteroatoms. The van der Waals surface area contributed by atoms with Gasteiger partial charge in [0.05, 0.1) is 5.71 Å². The van der Waals surface area contributed by atoms with E-state index in [9.17, 15) is 0 Å². The van der Waals surface area contributed by atoms with E-state index in [0.717, 1.165) is 40.6 Å². The molecule has 1 aliphatic heterocycles. The second-order valence-corrected chi connectivity index (χ2v) is 12.3. The maximum absolute atomic E-state index is 8.91. The first-order valence-electron chi connectivity index (χ1n) is 14.0. The van der Waals surface area contributed by atoms with Crippen molar-refractivity contribution < 1.29 is 0 Å². The predicted octanol–water partition coefficient (Wildman–Crippen LogP) is 8.41. The fourth-order valence-electron chi connectivity index (χ4n) is 6.33. The van der Waals surface area contributed by atoms with Gasteiger partial charge in [-0.1, -0.05) is 156 Å². The lowest BCUT2D eigenvalue weighted by atomic mass is 9.42. The summed E-state index contributed by atoms with van der Waals surface area (Å²) in [5.74, 6) is 0. The van der Waals surface area contributed by atoms with Crippen molar-refractivity contribution in [2.24, 2.45) is 10.8 Å². The largest absolute Gasteiger partial charge is 0.367 e. The Morgan fingerprint density at radius 2 is 1.18 bits per heavy atom. The molecule has 0 bridgehead atoms. The van der Waals surface area contributed by atoms with Gasteiger partial charge in [-0.25, -0.2) is 0 Å². The monoisotopic (exact) mass is 510 g/mol. The lowest BCUT2D eigenvalue weighted by molar-refractivity contribution is 0.177. The van der Waals surface area contributed by atoms with Gasteiger partial charge in [0.15, 0.2) is 6.71 Å². The number of anilines is 1. The summed E-state index contributed by atoms with van der Waals surface area (Å²) >= 11 is 0. The molecule has 0 aliphatic carbocycles. The van der Waals surface area contributed by atoms with E-state index in [-0.39, 0.29) is 10.8 Å². The molecular formula is C36H39BN2. The van der Waals surface area contributed by atoms with Crippen LogP contribution in [0.15, 0.2) is 122 Å². The van der Waals surface area contributed by atoms with E-state index in [0.29, 0.717) is 12.4 Å². The highest BCUT2D eigenvalue weighted by atomic mass is 15.0. The average molecular weight is 511 g/mol. The summed E-state index contributed by atoms with van der Waals surface area (Å²) in [5, 5.41) is 12.9. The van der Waals surface area contributed by atoms with Crippen LogP contribution in [-0.2, 0) is 5.54 Å². The van der Waals surface area contributed by atoms with Crippen molar-refractivity contribution in [3.05, 3.63) is 144 Å². The van der Waals surface area contributed by atoms with Crippen LogP contribution in [0, 0.1) is 16.2 Å².